The van der Waals surface area contributed by atoms with E-state index >= 15 is 0 Å². The standard InChI is InChI=1S/C12H16BrFN2O/c1-8(12(17)16(2)3)15-7-9-6-10(14)4-5-11(9)13/h4-6,8,15H,7H2,1-3H3. The second-order valence-corrected chi connectivity index (χ2v) is 4.93. The van der Waals surface area contributed by atoms with Gasteiger partial charge in [0.1, 0.15) is 5.82 Å². The molecule has 1 rings (SSSR count). The van der Waals surface area contributed by atoms with Crippen LogP contribution in [0.1, 0.15) is 12.5 Å². The molecular formula is C12H16BrFN2O. The smallest absolute Gasteiger partial charge is 0.238 e. The van der Waals surface area contributed by atoms with Crippen molar-refractivity contribution in [2.75, 3.05) is 14.1 Å². The SMILES string of the molecule is CC(NCc1cc(F)ccc1Br)C(=O)N(C)C. The molecule has 0 bridgehead atoms. The molecule has 0 saturated carbocycles. The fourth-order valence-electron chi connectivity index (χ4n) is 1.42. The molecule has 0 aromatic heterocycles. The average molecular weight is 303 g/mol. The third-order valence-corrected chi connectivity index (χ3v) is 3.19. The van der Waals surface area contributed by atoms with Gasteiger partial charge in [0.05, 0.1) is 6.04 Å². The minimum absolute atomic E-state index is 0.00229. The zero-order chi connectivity index (χ0) is 13.0. The van der Waals surface area contributed by atoms with Gasteiger partial charge in [-0.25, -0.2) is 4.39 Å². The number of carbonyl (C=O) groups excluding carboxylic acids is 1. The lowest BCUT2D eigenvalue weighted by atomic mass is 10.2. The van der Waals surface area contributed by atoms with E-state index in [1.807, 2.05) is 0 Å². The molecule has 0 aliphatic rings. The fourth-order valence-corrected chi connectivity index (χ4v) is 1.80. The second-order valence-electron chi connectivity index (χ2n) is 4.07. The van der Waals surface area contributed by atoms with Crippen molar-refractivity contribution < 1.29 is 9.18 Å². The Kier molecular flexibility index (Phi) is 5.08. The molecule has 1 aromatic rings. The monoisotopic (exact) mass is 302 g/mol. The van der Waals surface area contributed by atoms with Crippen LogP contribution in [0.3, 0.4) is 0 Å². The molecule has 0 heterocycles. The molecule has 1 amide bonds. The van der Waals surface area contributed by atoms with Gasteiger partial charge in [0.15, 0.2) is 0 Å². The predicted octanol–water partition coefficient (Wildman–Crippen LogP) is 2.15. The molecular weight excluding hydrogens is 287 g/mol. The highest BCUT2D eigenvalue weighted by atomic mass is 79.9. The highest BCUT2D eigenvalue weighted by molar-refractivity contribution is 9.10. The summed E-state index contributed by atoms with van der Waals surface area (Å²) in [6.45, 7) is 2.23. The summed E-state index contributed by atoms with van der Waals surface area (Å²) in [6.07, 6.45) is 0. The first-order valence-electron chi connectivity index (χ1n) is 5.30. The Morgan fingerprint density at radius 3 is 2.76 bits per heavy atom. The minimum atomic E-state index is -0.292. The number of halogens is 2. The van der Waals surface area contributed by atoms with E-state index in [2.05, 4.69) is 21.2 Å². The number of amides is 1. The van der Waals surface area contributed by atoms with Crippen LogP contribution in [0.4, 0.5) is 4.39 Å². The van der Waals surface area contributed by atoms with E-state index in [1.165, 1.54) is 17.0 Å². The third-order valence-electron chi connectivity index (χ3n) is 2.42. The van der Waals surface area contributed by atoms with Gasteiger partial charge in [0.25, 0.3) is 0 Å². The van der Waals surface area contributed by atoms with Crippen molar-refractivity contribution in [1.82, 2.24) is 10.2 Å². The van der Waals surface area contributed by atoms with Gasteiger partial charge in [0, 0.05) is 25.1 Å². The summed E-state index contributed by atoms with van der Waals surface area (Å²) in [4.78, 5) is 13.1. The maximum Gasteiger partial charge on any atom is 0.238 e. The van der Waals surface area contributed by atoms with Gasteiger partial charge >= 0.3 is 0 Å². The Bertz CT molecular complexity index is 409. The van der Waals surface area contributed by atoms with E-state index in [0.717, 1.165) is 10.0 Å². The van der Waals surface area contributed by atoms with Crippen molar-refractivity contribution in [2.24, 2.45) is 0 Å². The van der Waals surface area contributed by atoms with Crippen LogP contribution in [0, 0.1) is 5.82 Å². The molecule has 1 aromatic carbocycles. The van der Waals surface area contributed by atoms with Gasteiger partial charge in [-0.15, -0.1) is 0 Å². The lowest BCUT2D eigenvalue weighted by Crippen LogP contribution is -2.41. The zero-order valence-electron chi connectivity index (χ0n) is 10.1. The highest BCUT2D eigenvalue weighted by Gasteiger charge is 2.14. The van der Waals surface area contributed by atoms with Crippen LogP contribution >= 0.6 is 15.9 Å². The van der Waals surface area contributed by atoms with Crippen LogP contribution in [0.5, 0.6) is 0 Å². The van der Waals surface area contributed by atoms with Gasteiger partial charge < -0.3 is 10.2 Å². The van der Waals surface area contributed by atoms with Crippen LogP contribution in [0.2, 0.25) is 0 Å². The average Bonchev–Trinajstić information content (AvgIpc) is 2.28. The summed E-state index contributed by atoms with van der Waals surface area (Å²) < 4.78 is 13.9. The number of likely N-dealkylation sites (N-methyl/N-ethyl adjacent to an activating group) is 1. The Balaban J connectivity index is 2.61. The molecule has 94 valence electrons. The van der Waals surface area contributed by atoms with E-state index in [-0.39, 0.29) is 17.8 Å². The van der Waals surface area contributed by atoms with Gasteiger partial charge in [-0.2, -0.15) is 0 Å². The molecule has 0 aliphatic carbocycles. The van der Waals surface area contributed by atoms with Crippen molar-refractivity contribution in [3.63, 3.8) is 0 Å². The van der Waals surface area contributed by atoms with Crippen LogP contribution < -0.4 is 5.32 Å². The maximum absolute atomic E-state index is 13.0. The van der Waals surface area contributed by atoms with Crippen LogP contribution in [-0.4, -0.2) is 30.9 Å². The second kappa shape index (κ2) is 6.12. The fraction of sp³-hybridized carbons (Fsp3) is 0.417. The number of nitrogens with one attached hydrogen (secondary N) is 1. The van der Waals surface area contributed by atoms with E-state index in [4.69, 9.17) is 0 Å². The summed E-state index contributed by atoms with van der Waals surface area (Å²) in [7, 11) is 3.41. The molecule has 5 heteroatoms. The Morgan fingerprint density at radius 2 is 2.18 bits per heavy atom. The van der Waals surface area contributed by atoms with Crippen molar-refractivity contribution in [1.29, 1.82) is 0 Å². The van der Waals surface area contributed by atoms with Gasteiger partial charge in [-0.3, -0.25) is 4.79 Å². The molecule has 17 heavy (non-hydrogen) atoms. The van der Waals surface area contributed by atoms with Crippen LogP contribution in [0.25, 0.3) is 0 Å². The van der Waals surface area contributed by atoms with Crippen molar-refractivity contribution in [2.45, 2.75) is 19.5 Å². The van der Waals surface area contributed by atoms with E-state index < -0.39 is 0 Å². The minimum Gasteiger partial charge on any atom is -0.347 e. The molecule has 1 atom stereocenters. The first-order chi connectivity index (χ1) is 7.91. The molecule has 3 nitrogen and oxygen atoms in total. The lowest BCUT2D eigenvalue weighted by molar-refractivity contribution is -0.130. The number of hydrogen-bond acceptors (Lipinski definition) is 2. The quantitative estimate of drug-likeness (QED) is 0.924. The van der Waals surface area contributed by atoms with Crippen molar-refractivity contribution in [3.05, 3.63) is 34.1 Å². The zero-order valence-corrected chi connectivity index (χ0v) is 11.7. The first-order valence-corrected chi connectivity index (χ1v) is 6.09. The summed E-state index contributed by atoms with van der Waals surface area (Å²) in [5.41, 5.74) is 0.795. The highest BCUT2D eigenvalue weighted by Crippen LogP contribution is 2.17. The summed E-state index contributed by atoms with van der Waals surface area (Å²) in [5.74, 6) is -0.283. The summed E-state index contributed by atoms with van der Waals surface area (Å²) >= 11 is 3.34. The molecule has 1 unspecified atom stereocenters. The number of benzene rings is 1. The molecule has 0 saturated heterocycles. The number of nitrogens with zero attached hydrogens (tertiary/aromatic N) is 1. The summed E-state index contributed by atoms with van der Waals surface area (Å²) in [6, 6.07) is 4.21. The topological polar surface area (TPSA) is 32.3 Å². The molecule has 0 fully saturated rings. The Hall–Kier alpha value is -0.940. The first kappa shape index (κ1) is 14.1. The van der Waals surface area contributed by atoms with Crippen LogP contribution in [-0.2, 0) is 11.3 Å². The normalized spacial score (nSPS) is 12.3. The Labute approximate surface area is 109 Å². The number of hydrogen-bond donors (Lipinski definition) is 1. The number of carbonyl (C=O) groups is 1. The van der Waals surface area contributed by atoms with E-state index in [1.54, 1.807) is 27.1 Å². The van der Waals surface area contributed by atoms with E-state index in [9.17, 15) is 9.18 Å². The van der Waals surface area contributed by atoms with Gasteiger partial charge in [0.2, 0.25) is 5.91 Å². The van der Waals surface area contributed by atoms with Crippen molar-refractivity contribution in [3.8, 4) is 0 Å². The van der Waals surface area contributed by atoms with Crippen molar-refractivity contribution >= 4 is 21.8 Å². The van der Waals surface area contributed by atoms with Gasteiger partial charge in [-0.1, -0.05) is 15.9 Å². The maximum atomic E-state index is 13.0. The lowest BCUT2D eigenvalue weighted by Gasteiger charge is -2.18. The molecule has 0 radical (unpaired) electrons. The van der Waals surface area contributed by atoms with Gasteiger partial charge in [-0.05, 0) is 30.7 Å². The Morgan fingerprint density at radius 1 is 1.53 bits per heavy atom. The molecule has 0 aliphatic heterocycles. The number of rotatable bonds is 4. The van der Waals surface area contributed by atoms with E-state index in [0.29, 0.717) is 6.54 Å². The largest absolute Gasteiger partial charge is 0.347 e. The molecule has 0 spiro atoms. The summed E-state index contributed by atoms with van der Waals surface area (Å²) in [5, 5.41) is 3.06. The molecule has 1 N–H and O–H groups in total. The third kappa shape index (κ3) is 4.09. The predicted molar refractivity (Wildman–Crippen MR) is 69.1 cm³/mol. The van der Waals surface area contributed by atoms with Crippen LogP contribution in [0.15, 0.2) is 22.7 Å².